The Labute approximate surface area is 57.4 Å². The highest BCUT2D eigenvalue weighted by Crippen LogP contribution is 2.27. The van der Waals surface area contributed by atoms with Crippen LogP contribution in [0.5, 0.6) is 0 Å². The molecule has 1 rings (SSSR count). The predicted molar refractivity (Wildman–Crippen MR) is 38.4 cm³/mol. The number of hydrogen-bond donors (Lipinski definition) is 0. The summed E-state index contributed by atoms with van der Waals surface area (Å²) in [6.45, 7) is 7.71. The van der Waals surface area contributed by atoms with Crippen LogP contribution < -0.4 is 0 Å². The minimum atomic E-state index is 0.542. The first kappa shape index (κ1) is 7.07. The van der Waals surface area contributed by atoms with Gasteiger partial charge in [0.2, 0.25) is 0 Å². The van der Waals surface area contributed by atoms with Crippen LogP contribution in [-0.2, 0) is 4.74 Å². The normalized spacial score (nSPS) is 43.7. The molecule has 1 fully saturated rings. The van der Waals surface area contributed by atoms with E-state index in [2.05, 4.69) is 20.8 Å². The summed E-state index contributed by atoms with van der Waals surface area (Å²) in [7, 11) is 0. The maximum Gasteiger partial charge on any atom is 0.0601 e. The molecule has 1 aliphatic rings. The van der Waals surface area contributed by atoms with Crippen LogP contribution in [0.25, 0.3) is 0 Å². The van der Waals surface area contributed by atoms with E-state index in [4.69, 9.17) is 4.74 Å². The molecule has 2 unspecified atom stereocenters. The quantitative estimate of drug-likeness (QED) is 0.525. The number of rotatable bonds is 1. The highest BCUT2D eigenvalue weighted by atomic mass is 16.5. The van der Waals surface area contributed by atoms with Gasteiger partial charge in [-0.1, -0.05) is 20.8 Å². The third-order valence-electron chi connectivity index (χ3n) is 2.46. The molecule has 0 N–H and O–H groups in total. The molecule has 1 nitrogen and oxygen atoms in total. The summed E-state index contributed by atoms with van der Waals surface area (Å²) < 4.78 is 5.53. The summed E-state index contributed by atoms with van der Waals surface area (Å²) in [6, 6.07) is 0. The fourth-order valence-electron chi connectivity index (χ4n) is 1.44. The first-order chi connectivity index (χ1) is 4.25. The summed E-state index contributed by atoms with van der Waals surface area (Å²) in [4.78, 5) is 0. The van der Waals surface area contributed by atoms with Gasteiger partial charge in [-0.05, 0) is 18.3 Å². The highest BCUT2D eigenvalue weighted by Gasteiger charge is 2.28. The van der Waals surface area contributed by atoms with Gasteiger partial charge in [-0.25, -0.2) is 0 Å². The topological polar surface area (TPSA) is 9.23 Å². The van der Waals surface area contributed by atoms with E-state index in [-0.39, 0.29) is 0 Å². The van der Waals surface area contributed by atoms with Crippen LogP contribution in [0.1, 0.15) is 27.2 Å². The first-order valence-corrected chi connectivity index (χ1v) is 3.87. The molecule has 1 aliphatic heterocycles. The molecule has 0 amide bonds. The van der Waals surface area contributed by atoms with Gasteiger partial charge < -0.3 is 4.74 Å². The van der Waals surface area contributed by atoms with Gasteiger partial charge >= 0.3 is 0 Å². The molecule has 9 heavy (non-hydrogen) atoms. The number of hydrogen-bond acceptors (Lipinski definition) is 1. The van der Waals surface area contributed by atoms with E-state index in [1.165, 1.54) is 6.42 Å². The van der Waals surface area contributed by atoms with Gasteiger partial charge in [-0.3, -0.25) is 0 Å². The zero-order valence-corrected chi connectivity index (χ0v) is 6.55. The second-order valence-corrected chi connectivity index (χ2v) is 3.12. The molecule has 54 valence electrons. The molecule has 0 spiro atoms. The maximum absolute atomic E-state index is 5.53. The van der Waals surface area contributed by atoms with Crippen molar-refractivity contribution in [3.63, 3.8) is 0 Å². The Bertz CT molecular complexity index is 90.6. The van der Waals surface area contributed by atoms with E-state index >= 15 is 0 Å². The van der Waals surface area contributed by atoms with Crippen molar-refractivity contribution in [2.45, 2.75) is 33.3 Å². The van der Waals surface area contributed by atoms with Crippen molar-refractivity contribution in [1.29, 1.82) is 0 Å². The minimum absolute atomic E-state index is 0.542. The van der Waals surface area contributed by atoms with Crippen LogP contribution in [0.15, 0.2) is 0 Å². The van der Waals surface area contributed by atoms with Gasteiger partial charge in [0, 0.05) is 6.61 Å². The highest BCUT2D eigenvalue weighted by molar-refractivity contribution is 4.76. The summed E-state index contributed by atoms with van der Waals surface area (Å²) in [6.07, 6.45) is 1.71. The third-order valence-corrected chi connectivity index (χ3v) is 2.46. The minimum Gasteiger partial charge on any atom is -0.378 e. The van der Waals surface area contributed by atoms with E-state index in [1.54, 1.807) is 0 Å². The predicted octanol–water partition coefficient (Wildman–Crippen LogP) is 2.07. The zero-order chi connectivity index (χ0) is 6.85. The van der Waals surface area contributed by atoms with Crippen molar-refractivity contribution in [2.75, 3.05) is 6.61 Å². The van der Waals surface area contributed by atoms with Crippen LogP contribution in [0, 0.1) is 11.8 Å². The van der Waals surface area contributed by atoms with E-state index in [0.29, 0.717) is 6.10 Å². The Morgan fingerprint density at radius 3 is 2.33 bits per heavy atom. The second kappa shape index (κ2) is 2.70. The molecule has 0 aromatic heterocycles. The summed E-state index contributed by atoms with van der Waals surface area (Å²) >= 11 is 0. The molecule has 0 radical (unpaired) electrons. The average Bonchev–Trinajstić information content (AvgIpc) is 2.15. The lowest BCUT2D eigenvalue weighted by atomic mass is 9.93. The Kier molecular flexibility index (Phi) is 2.12. The third kappa shape index (κ3) is 1.26. The van der Waals surface area contributed by atoms with Gasteiger partial charge in [0.05, 0.1) is 6.10 Å². The average molecular weight is 128 g/mol. The second-order valence-electron chi connectivity index (χ2n) is 3.12. The molecule has 0 aliphatic carbocycles. The lowest BCUT2D eigenvalue weighted by Gasteiger charge is -2.12. The molecule has 0 aromatic carbocycles. The van der Waals surface area contributed by atoms with Gasteiger partial charge in [0.15, 0.2) is 0 Å². The Hall–Kier alpha value is -0.0400. The molecule has 1 saturated heterocycles. The van der Waals surface area contributed by atoms with Crippen molar-refractivity contribution >= 4 is 0 Å². The van der Waals surface area contributed by atoms with Crippen molar-refractivity contribution < 1.29 is 4.74 Å². The molecular formula is C8H16O. The standard InChI is InChI=1S/C8H16O/c1-4-8-7(3)6(2)5-9-8/h6-8H,4-5H2,1-3H3/t6?,7?,8-/m1/s1. The molecule has 0 bridgehead atoms. The van der Waals surface area contributed by atoms with E-state index < -0.39 is 0 Å². The van der Waals surface area contributed by atoms with Crippen molar-refractivity contribution in [3.8, 4) is 0 Å². The van der Waals surface area contributed by atoms with Crippen LogP contribution in [-0.4, -0.2) is 12.7 Å². The zero-order valence-electron chi connectivity index (χ0n) is 6.55. The first-order valence-electron chi connectivity index (χ1n) is 3.87. The van der Waals surface area contributed by atoms with E-state index in [1.807, 2.05) is 0 Å². The Morgan fingerprint density at radius 1 is 1.44 bits per heavy atom. The number of ether oxygens (including phenoxy) is 1. The molecule has 1 heterocycles. The van der Waals surface area contributed by atoms with Crippen molar-refractivity contribution in [3.05, 3.63) is 0 Å². The van der Waals surface area contributed by atoms with E-state index in [0.717, 1.165) is 18.4 Å². The molecular weight excluding hydrogens is 112 g/mol. The van der Waals surface area contributed by atoms with Gasteiger partial charge in [0.25, 0.3) is 0 Å². The molecule has 1 heteroatoms. The van der Waals surface area contributed by atoms with Crippen LogP contribution in [0.4, 0.5) is 0 Å². The largest absolute Gasteiger partial charge is 0.378 e. The van der Waals surface area contributed by atoms with Gasteiger partial charge in [-0.2, -0.15) is 0 Å². The summed E-state index contributed by atoms with van der Waals surface area (Å²) in [5, 5.41) is 0. The fraction of sp³-hybridized carbons (Fsp3) is 1.00. The van der Waals surface area contributed by atoms with Gasteiger partial charge in [-0.15, -0.1) is 0 Å². The van der Waals surface area contributed by atoms with Crippen LogP contribution in [0.3, 0.4) is 0 Å². The lowest BCUT2D eigenvalue weighted by molar-refractivity contribution is 0.0904. The maximum atomic E-state index is 5.53. The fourth-order valence-corrected chi connectivity index (χ4v) is 1.44. The van der Waals surface area contributed by atoms with Crippen LogP contribution >= 0.6 is 0 Å². The summed E-state index contributed by atoms with van der Waals surface area (Å²) in [5.41, 5.74) is 0. The van der Waals surface area contributed by atoms with Gasteiger partial charge in [0.1, 0.15) is 0 Å². The van der Waals surface area contributed by atoms with Crippen molar-refractivity contribution in [2.24, 2.45) is 11.8 Å². The van der Waals surface area contributed by atoms with Crippen LogP contribution in [0.2, 0.25) is 0 Å². The SMILES string of the molecule is CC[C@H]1OCC(C)C1C. The van der Waals surface area contributed by atoms with E-state index in [9.17, 15) is 0 Å². The smallest absolute Gasteiger partial charge is 0.0601 e. The molecule has 0 saturated carbocycles. The monoisotopic (exact) mass is 128 g/mol. The summed E-state index contributed by atoms with van der Waals surface area (Å²) in [5.74, 6) is 1.55. The Balaban J connectivity index is 2.41. The molecule has 0 aromatic rings. The molecule has 3 atom stereocenters. The lowest BCUT2D eigenvalue weighted by Crippen LogP contribution is -2.14. The van der Waals surface area contributed by atoms with Crippen molar-refractivity contribution in [1.82, 2.24) is 0 Å². The Morgan fingerprint density at radius 2 is 2.11 bits per heavy atom.